The summed E-state index contributed by atoms with van der Waals surface area (Å²) in [6.07, 6.45) is 1.42. The molecule has 2 amide bonds. The van der Waals surface area contributed by atoms with Crippen LogP contribution in [0.1, 0.15) is 38.3 Å². The van der Waals surface area contributed by atoms with E-state index in [1.54, 1.807) is 48.5 Å². The Morgan fingerprint density at radius 3 is 2.18 bits per heavy atom. The number of benzene rings is 2. The van der Waals surface area contributed by atoms with Crippen LogP contribution in [0.25, 0.3) is 0 Å². The van der Waals surface area contributed by atoms with Gasteiger partial charge >= 0.3 is 0 Å². The maximum Gasteiger partial charge on any atom is 0.244 e. The monoisotopic (exact) mass is 493 g/mol. The maximum absolute atomic E-state index is 13.5. The normalized spacial score (nSPS) is 12.3. The highest BCUT2D eigenvalue weighted by atomic mass is 35.5. The van der Waals surface area contributed by atoms with Gasteiger partial charge in [0.15, 0.2) is 0 Å². The number of carbonyl (C=O) groups excluding carboxylic acids is 2. The van der Waals surface area contributed by atoms with Crippen LogP contribution in [0.2, 0.25) is 5.02 Å². The minimum absolute atomic E-state index is 0.0774. The van der Waals surface area contributed by atoms with E-state index in [2.05, 4.69) is 5.32 Å². The van der Waals surface area contributed by atoms with Crippen LogP contribution in [0.4, 0.5) is 5.69 Å². The number of hydrogen-bond donors (Lipinski definition) is 1. The molecule has 2 rings (SSSR count). The molecule has 2 aromatic carbocycles. The molecule has 180 valence electrons. The molecule has 0 aliphatic carbocycles. The predicted molar refractivity (Wildman–Crippen MR) is 133 cm³/mol. The fraction of sp³-hybridized carbons (Fsp3) is 0.417. The molecular weight excluding hydrogens is 462 g/mol. The number of aryl methyl sites for hydroxylation is 1. The highest BCUT2D eigenvalue weighted by Crippen LogP contribution is 2.22. The quantitative estimate of drug-likeness (QED) is 0.546. The Morgan fingerprint density at radius 1 is 1.06 bits per heavy atom. The fourth-order valence-corrected chi connectivity index (χ4v) is 4.48. The highest BCUT2D eigenvalue weighted by Gasteiger charge is 2.32. The van der Waals surface area contributed by atoms with Crippen molar-refractivity contribution in [2.45, 2.75) is 52.7 Å². The zero-order chi connectivity index (χ0) is 24.8. The first kappa shape index (κ1) is 26.7. The molecule has 0 aliphatic rings. The zero-order valence-electron chi connectivity index (χ0n) is 19.7. The van der Waals surface area contributed by atoms with Gasteiger partial charge in [-0.25, -0.2) is 8.42 Å². The molecule has 0 aliphatic heterocycles. The molecule has 9 heteroatoms. The standard InChI is InChI=1S/C24H32ClN3O4S/c1-6-22(24(30)26-17(2)3)27(15-19-9-7-8-10-21(19)25)23(29)16-28(33(5,31)32)20-13-11-18(4)12-14-20/h7-14,17,22H,6,15-16H2,1-5H3,(H,26,30). The third kappa shape index (κ3) is 7.47. The van der Waals surface area contributed by atoms with Crippen LogP contribution in [0.3, 0.4) is 0 Å². The number of nitrogens with zero attached hydrogens (tertiary/aromatic N) is 2. The molecule has 0 bridgehead atoms. The Hall–Kier alpha value is -2.58. The topological polar surface area (TPSA) is 86.8 Å². The van der Waals surface area contributed by atoms with Gasteiger partial charge in [0.25, 0.3) is 0 Å². The lowest BCUT2D eigenvalue weighted by molar-refractivity contribution is -0.140. The average molecular weight is 494 g/mol. The molecule has 1 N–H and O–H groups in total. The molecule has 0 heterocycles. The molecule has 2 aromatic rings. The molecule has 0 spiro atoms. The molecule has 1 atom stereocenters. The van der Waals surface area contributed by atoms with Gasteiger partial charge in [-0.05, 0) is 51.0 Å². The summed E-state index contributed by atoms with van der Waals surface area (Å²) < 4.78 is 26.2. The van der Waals surface area contributed by atoms with Crippen molar-refractivity contribution in [3.8, 4) is 0 Å². The molecule has 0 saturated heterocycles. The van der Waals surface area contributed by atoms with Crippen molar-refractivity contribution in [1.82, 2.24) is 10.2 Å². The van der Waals surface area contributed by atoms with E-state index in [-0.39, 0.29) is 18.5 Å². The molecule has 0 saturated carbocycles. The Kier molecular flexibility index (Phi) is 9.31. The van der Waals surface area contributed by atoms with Crippen LogP contribution < -0.4 is 9.62 Å². The summed E-state index contributed by atoms with van der Waals surface area (Å²) in [5.74, 6) is -0.791. The van der Waals surface area contributed by atoms with Crippen molar-refractivity contribution in [3.63, 3.8) is 0 Å². The van der Waals surface area contributed by atoms with Crippen LogP contribution >= 0.6 is 11.6 Å². The third-order valence-electron chi connectivity index (χ3n) is 5.12. The van der Waals surface area contributed by atoms with E-state index < -0.39 is 28.5 Å². The van der Waals surface area contributed by atoms with Crippen LogP contribution in [-0.4, -0.2) is 50.0 Å². The lowest BCUT2D eigenvalue weighted by atomic mass is 10.1. The van der Waals surface area contributed by atoms with E-state index in [0.29, 0.717) is 22.7 Å². The Morgan fingerprint density at radius 2 is 1.67 bits per heavy atom. The van der Waals surface area contributed by atoms with E-state index in [1.807, 2.05) is 27.7 Å². The first-order valence-corrected chi connectivity index (χ1v) is 13.0. The van der Waals surface area contributed by atoms with Gasteiger partial charge in [0.05, 0.1) is 11.9 Å². The lowest BCUT2D eigenvalue weighted by Crippen LogP contribution is -2.53. The summed E-state index contributed by atoms with van der Waals surface area (Å²) in [4.78, 5) is 27.9. The minimum Gasteiger partial charge on any atom is -0.352 e. The SMILES string of the molecule is CCC(C(=O)NC(C)C)N(Cc1ccccc1Cl)C(=O)CN(c1ccc(C)cc1)S(C)(=O)=O. The zero-order valence-corrected chi connectivity index (χ0v) is 21.3. The largest absolute Gasteiger partial charge is 0.352 e. The van der Waals surface area contributed by atoms with E-state index >= 15 is 0 Å². The van der Waals surface area contributed by atoms with Gasteiger partial charge in [-0.2, -0.15) is 0 Å². The van der Waals surface area contributed by atoms with Gasteiger partial charge in [-0.1, -0.05) is 54.4 Å². The second kappa shape index (κ2) is 11.5. The Balaban J connectivity index is 2.44. The molecule has 7 nitrogen and oxygen atoms in total. The first-order valence-electron chi connectivity index (χ1n) is 10.8. The number of anilines is 1. The molecule has 0 radical (unpaired) electrons. The maximum atomic E-state index is 13.5. The summed E-state index contributed by atoms with van der Waals surface area (Å²) in [5, 5.41) is 3.32. The predicted octanol–water partition coefficient (Wildman–Crippen LogP) is 3.75. The molecule has 33 heavy (non-hydrogen) atoms. The second-order valence-electron chi connectivity index (χ2n) is 8.31. The van der Waals surface area contributed by atoms with E-state index in [1.165, 1.54) is 4.90 Å². The molecule has 0 fully saturated rings. The molecule has 1 unspecified atom stereocenters. The third-order valence-corrected chi connectivity index (χ3v) is 6.63. The van der Waals surface area contributed by atoms with Gasteiger partial charge < -0.3 is 10.2 Å². The number of halogens is 1. The summed E-state index contributed by atoms with van der Waals surface area (Å²) >= 11 is 6.33. The number of amides is 2. The van der Waals surface area contributed by atoms with Crippen molar-refractivity contribution in [1.29, 1.82) is 0 Å². The van der Waals surface area contributed by atoms with Gasteiger partial charge in [-0.15, -0.1) is 0 Å². The van der Waals surface area contributed by atoms with Crippen molar-refractivity contribution in [2.75, 3.05) is 17.1 Å². The van der Waals surface area contributed by atoms with Gasteiger partial charge in [0.1, 0.15) is 12.6 Å². The van der Waals surface area contributed by atoms with Crippen molar-refractivity contribution >= 4 is 39.1 Å². The number of sulfonamides is 1. The van der Waals surface area contributed by atoms with Crippen LogP contribution in [0.15, 0.2) is 48.5 Å². The Bertz CT molecular complexity index is 1070. The van der Waals surface area contributed by atoms with Crippen LogP contribution in [-0.2, 0) is 26.2 Å². The first-order chi connectivity index (χ1) is 15.4. The van der Waals surface area contributed by atoms with E-state index in [0.717, 1.165) is 16.1 Å². The number of carbonyl (C=O) groups is 2. The summed E-state index contributed by atoms with van der Waals surface area (Å²) in [6, 6.07) is 13.1. The highest BCUT2D eigenvalue weighted by molar-refractivity contribution is 7.92. The summed E-state index contributed by atoms with van der Waals surface area (Å²) in [7, 11) is -3.75. The average Bonchev–Trinajstić information content (AvgIpc) is 2.72. The van der Waals surface area contributed by atoms with Crippen molar-refractivity contribution < 1.29 is 18.0 Å². The summed E-state index contributed by atoms with van der Waals surface area (Å²) in [6.45, 7) is 7.03. The smallest absolute Gasteiger partial charge is 0.244 e. The lowest BCUT2D eigenvalue weighted by Gasteiger charge is -2.33. The molecule has 0 aromatic heterocycles. The van der Waals surface area contributed by atoms with Crippen LogP contribution in [0.5, 0.6) is 0 Å². The minimum atomic E-state index is -3.75. The van der Waals surface area contributed by atoms with Crippen molar-refractivity contribution in [3.05, 3.63) is 64.7 Å². The summed E-state index contributed by atoms with van der Waals surface area (Å²) in [5.41, 5.74) is 2.02. The Labute approximate surface area is 201 Å². The second-order valence-corrected chi connectivity index (χ2v) is 10.6. The number of rotatable bonds is 10. The number of nitrogens with one attached hydrogen (secondary N) is 1. The number of hydrogen-bond acceptors (Lipinski definition) is 4. The van der Waals surface area contributed by atoms with E-state index in [9.17, 15) is 18.0 Å². The fourth-order valence-electron chi connectivity index (χ4n) is 3.44. The van der Waals surface area contributed by atoms with E-state index in [4.69, 9.17) is 11.6 Å². The van der Waals surface area contributed by atoms with Gasteiger partial charge in [0.2, 0.25) is 21.8 Å². The van der Waals surface area contributed by atoms with Gasteiger partial charge in [-0.3, -0.25) is 13.9 Å². The molecular formula is C24H32ClN3O4S. The van der Waals surface area contributed by atoms with Gasteiger partial charge in [0, 0.05) is 17.6 Å². The van der Waals surface area contributed by atoms with Crippen LogP contribution in [0, 0.1) is 6.92 Å². The van der Waals surface area contributed by atoms with Crippen molar-refractivity contribution in [2.24, 2.45) is 0 Å².